The number of ether oxygens (including phenoxy) is 3. The fraction of sp³-hybridized carbons (Fsp3) is 0.286. The Bertz CT molecular complexity index is 1360. The first-order valence-corrected chi connectivity index (χ1v) is 13.2. The monoisotopic (exact) mass is 525 g/mol. The first kappa shape index (κ1) is 25.9. The molecular formula is C28H28ClNO5S. The summed E-state index contributed by atoms with van der Waals surface area (Å²) >= 11 is 7.36. The molecule has 1 aliphatic carbocycles. The number of aryl methyl sites for hydroxylation is 1. The molecule has 4 rings (SSSR count). The van der Waals surface area contributed by atoms with Crippen LogP contribution in [0.4, 0.5) is 0 Å². The summed E-state index contributed by atoms with van der Waals surface area (Å²) < 4.78 is 17.1. The molecule has 1 unspecified atom stereocenters. The van der Waals surface area contributed by atoms with E-state index in [0.717, 1.165) is 27.8 Å². The Morgan fingerprint density at radius 2 is 1.83 bits per heavy atom. The molecule has 0 heterocycles. The molecule has 3 aromatic rings. The number of rotatable bonds is 7. The highest BCUT2D eigenvalue weighted by molar-refractivity contribution is 7.98. The van der Waals surface area contributed by atoms with Crippen molar-refractivity contribution in [2.45, 2.75) is 29.7 Å². The Labute approximate surface area is 219 Å². The maximum absolute atomic E-state index is 13.3. The molecule has 1 aliphatic rings. The van der Waals surface area contributed by atoms with E-state index >= 15 is 0 Å². The van der Waals surface area contributed by atoms with Crippen molar-refractivity contribution < 1.29 is 19.0 Å². The van der Waals surface area contributed by atoms with Crippen molar-refractivity contribution in [3.63, 3.8) is 0 Å². The Morgan fingerprint density at radius 3 is 2.50 bits per heavy atom. The van der Waals surface area contributed by atoms with Crippen LogP contribution < -0.4 is 25.0 Å². The molecule has 3 aromatic carbocycles. The van der Waals surface area contributed by atoms with E-state index in [2.05, 4.69) is 5.32 Å². The van der Waals surface area contributed by atoms with E-state index in [1.165, 1.54) is 11.8 Å². The van der Waals surface area contributed by atoms with E-state index < -0.39 is 6.04 Å². The lowest BCUT2D eigenvalue weighted by molar-refractivity contribution is 0.0935. The third-order valence-corrected chi connectivity index (χ3v) is 7.46. The topological polar surface area (TPSA) is 73.9 Å². The van der Waals surface area contributed by atoms with Gasteiger partial charge in [-0.05, 0) is 71.7 Å². The SMILES string of the molecule is COc1cc2c(c(OC)c1OC)-c1ccc(SC)c(=O)cc1C(NC(=O)c1cccc(CCl)c1)CC2. The third kappa shape index (κ3) is 4.90. The minimum absolute atomic E-state index is 0.102. The van der Waals surface area contributed by atoms with Gasteiger partial charge in [0.25, 0.3) is 5.91 Å². The first-order valence-electron chi connectivity index (χ1n) is 11.5. The van der Waals surface area contributed by atoms with E-state index in [-0.39, 0.29) is 11.3 Å². The number of amides is 1. The fourth-order valence-electron chi connectivity index (χ4n) is 4.65. The summed E-state index contributed by atoms with van der Waals surface area (Å²) in [6.45, 7) is 0. The summed E-state index contributed by atoms with van der Waals surface area (Å²) in [5.41, 5.74) is 4.62. The Morgan fingerprint density at radius 1 is 1.06 bits per heavy atom. The normalized spacial score (nSPS) is 14.2. The second-order valence-electron chi connectivity index (χ2n) is 8.36. The molecule has 0 spiro atoms. The van der Waals surface area contributed by atoms with E-state index in [9.17, 15) is 9.59 Å². The molecular weight excluding hydrogens is 498 g/mol. The van der Waals surface area contributed by atoms with Crippen LogP contribution in [0.3, 0.4) is 0 Å². The van der Waals surface area contributed by atoms with Crippen molar-refractivity contribution in [3.8, 4) is 28.4 Å². The van der Waals surface area contributed by atoms with Gasteiger partial charge in [0.1, 0.15) is 0 Å². The summed E-state index contributed by atoms with van der Waals surface area (Å²) in [6, 6.07) is 14.1. The van der Waals surface area contributed by atoms with Gasteiger partial charge in [0.15, 0.2) is 16.9 Å². The number of hydrogen-bond donors (Lipinski definition) is 1. The number of hydrogen-bond acceptors (Lipinski definition) is 6. The highest BCUT2D eigenvalue weighted by Crippen LogP contribution is 2.50. The molecule has 188 valence electrons. The largest absolute Gasteiger partial charge is 0.493 e. The molecule has 0 saturated heterocycles. The number of methoxy groups -OCH3 is 3. The summed E-state index contributed by atoms with van der Waals surface area (Å²) in [5, 5.41) is 3.16. The van der Waals surface area contributed by atoms with Gasteiger partial charge in [0.05, 0.1) is 32.3 Å². The number of thioether (sulfide) groups is 1. The van der Waals surface area contributed by atoms with E-state index in [4.69, 9.17) is 25.8 Å². The van der Waals surface area contributed by atoms with Crippen molar-refractivity contribution >= 4 is 29.3 Å². The molecule has 36 heavy (non-hydrogen) atoms. The first-order chi connectivity index (χ1) is 17.4. The maximum Gasteiger partial charge on any atom is 0.251 e. The molecule has 0 radical (unpaired) electrons. The summed E-state index contributed by atoms with van der Waals surface area (Å²) in [6.07, 6.45) is 3.08. The van der Waals surface area contributed by atoms with Crippen LogP contribution in [0.2, 0.25) is 0 Å². The van der Waals surface area contributed by atoms with E-state index in [1.807, 2.05) is 36.6 Å². The van der Waals surface area contributed by atoms with Gasteiger partial charge in [-0.1, -0.05) is 18.2 Å². The van der Waals surface area contributed by atoms with E-state index in [0.29, 0.717) is 46.4 Å². The van der Waals surface area contributed by atoms with Crippen molar-refractivity contribution in [2.75, 3.05) is 27.6 Å². The predicted molar refractivity (Wildman–Crippen MR) is 144 cm³/mol. The van der Waals surface area contributed by atoms with Gasteiger partial charge in [-0.3, -0.25) is 9.59 Å². The maximum atomic E-state index is 13.3. The fourth-order valence-corrected chi connectivity index (χ4v) is 5.28. The number of alkyl halides is 1. The molecule has 0 bridgehead atoms. The van der Waals surface area contributed by atoms with Crippen LogP contribution in [0.15, 0.2) is 58.2 Å². The summed E-state index contributed by atoms with van der Waals surface area (Å²) in [7, 11) is 4.73. The number of nitrogens with one attached hydrogen (secondary N) is 1. The van der Waals surface area contributed by atoms with E-state index in [1.54, 1.807) is 39.5 Å². The minimum Gasteiger partial charge on any atom is -0.493 e. The van der Waals surface area contributed by atoms with Crippen molar-refractivity contribution in [3.05, 3.63) is 81.0 Å². The molecule has 8 heteroatoms. The zero-order valence-electron chi connectivity index (χ0n) is 20.6. The second kappa shape index (κ2) is 11.3. The molecule has 0 fully saturated rings. The lowest BCUT2D eigenvalue weighted by Crippen LogP contribution is -2.29. The van der Waals surface area contributed by atoms with Crippen LogP contribution in [-0.2, 0) is 12.3 Å². The van der Waals surface area contributed by atoms with Gasteiger partial charge in [-0.25, -0.2) is 0 Å². The van der Waals surface area contributed by atoms with Gasteiger partial charge in [0, 0.05) is 17.0 Å². The molecule has 1 atom stereocenters. The third-order valence-electron chi connectivity index (χ3n) is 6.37. The van der Waals surface area contributed by atoms with Crippen LogP contribution in [0, 0.1) is 0 Å². The predicted octanol–water partition coefficient (Wildman–Crippen LogP) is 5.62. The van der Waals surface area contributed by atoms with Gasteiger partial charge >= 0.3 is 0 Å². The van der Waals surface area contributed by atoms with Gasteiger partial charge in [-0.2, -0.15) is 0 Å². The van der Waals surface area contributed by atoms with Gasteiger partial charge in [0.2, 0.25) is 5.75 Å². The van der Waals surface area contributed by atoms with Crippen LogP contribution in [0.1, 0.15) is 39.5 Å². The lowest BCUT2D eigenvalue weighted by atomic mass is 9.95. The Hall–Kier alpha value is -3.16. The number of benzene rings is 2. The zero-order chi connectivity index (χ0) is 25.8. The van der Waals surface area contributed by atoms with Crippen molar-refractivity contribution in [1.29, 1.82) is 0 Å². The quantitative estimate of drug-likeness (QED) is 0.319. The minimum atomic E-state index is -0.406. The molecule has 6 nitrogen and oxygen atoms in total. The van der Waals surface area contributed by atoms with Crippen LogP contribution in [-0.4, -0.2) is 33.5 Å². The van der Waals surface area contributed by atoms with Crippen molar-refractivity contribution in [2.24, 2.45) is 0 Å². The Kier molecular flexibility index (Phi) is 8.11. The molecule has 0 aromatic heterocycles. The number of carbonyl (C=O) groups excluding carboxylic acids is 1. The van der Waals surface area contributed by atoms with Crippen LogP contribution in [0.5, 0.6) is 17.2 Å². The molecule has 1 N–H and O–H groups in total. The number of halogens is 1. The number of carbonyl (C=O) groups is 1. The number of fused-ring (bicyclic) bond motifs is 3. The average Bonchev–Trinajstić information content (AvgIpc) is 3.15. The zero-order valence-corrected chi connectivity index (χ0v) is 22.2. The van der Waals surface area contributed by atoms with Crippen LogP contribution >= 0.6 is 23.4 Å². The molecule has 0 aliphatic heterocycles. The van der Waals surface area contributed by atoms with Gasteiger partial charge < -0.3 is 19.5 Å². The lowest BCUT2D eigenvalue weighted by Gasteiger charge is -2.20. The highest BCUT2D eigenvalue weighted by atomic mass is 35.5. The highest BCUT2D eigenvalue weighted by Gasteiger charge is 2.30. The average molecular weight is 526 g/mol. The second-order valence-corrected chi connectivity index (χ2v) is 9.47. The summed E-state index contributed by atoms with van der Waals surface area (Å²) in [5.74, 6) is 1.65. The molecule has 0 saturated carbocycles. The standard InChI is InChI=1S/C28H28ClNO5S/c1-33-23-13-17-8-10-21(30-28(32)18-7-5-6-16(12-18)15-29)20-14-22(31)24(36-4)11-9-19(20)25(17)27(35-3)26(23)34-2/h5-7,9,11-14,21H,8,10,15H2,1-4H3,(H,30,32). The Balaban J connectivity index is 1.91. The van der Waals surface area contributed by atoms with Crippen molar-refractivity contribution in [1.82, 2.24) is 5.32 Å². The summed E-state index contributed by atoms with van der Waals surface area (Å²) in [4.78, 5) is 27.0. The van der Waals surface area contributed by atoms with Crippen LogP contribution in [0.25, 0.3) is 11.1 Å². The smallest absolute Gasteiger partial charge is 0.251 e. The molecule has 1 amide bonds. The van der Waals surface area contributed by atoms with Gasteiger partial charge in [-0.15, -0.1) is 23.4 Å².